The monoisotopic (exact) mass is 238 g/mol. The molecular weight excluding hydrogens is 224 g/mol. The third-order valence-electron chi connectivity index (χ3n) is 2.86. The fourth-order valence-electron chi connectivity index (χ4n) is 2.03. The summed E-state index contributed by atoms with van der Waals surface area (Å²) in [5.74, 6) is -0.937. The van der Waals surface area contributed by atoms with E-state index in [4.69, 9.17) is 5.11 Å². The van der Waals surface area contributed by atoms with Crippen molar-refractivity contribution in [2.24, 2.45) is 0 Å². The summed E-state index contributed by atoms with van der Waals surface area (Å²) in [5.41, 5.74) is -0.0479. The summed E-state index contributed by atoms with van der Waals surface area (Å²) in [4.78, 5) is 11.0. The number of carboxylic acids is 1. The first-order valence-electron chi connectivity index (χ1n) is 5.16. The quantitative estimate of drug-likeness (QED) is 0.828. The van der Waals surface area contributed by atoms with Gasteiger partial charge in [0.15, 0.2) is 0 Å². The van der Waals surface area contributed by atoms with Crippen LogP contribution in [0.3, 0.4) is 0 Å². The molecule has 1 aromatic rings. The lowest BCUT2D eigenvalue weighted by atomic mass is 9.94. The fraction of sp³-hybridized carbons (Fsp3) is 0.417. The highest BCUT2D eigenvalue weighted by Crippen LogP contribution is 2.50. The molecule has 1 aliphatic heterocycles. The normalized spacial score (nSPS) is 33.9. The molecule has 2 N–H and O–H groups in total. The maximum atomic E-state index is 11.0. The third kappa shape index (κ3) is 2.08. The van der Waals surface area contributed by atoms with Crippen molar-refractivity contribution in [2.75, 3.05) is 0 Å². The summed E-state index contributed by atoms with van der Waals surface area (Å²) < 4.78 is 0. The number of hydrogen-bond donors (Lipinski definition) is 2. The van der Waals surface area contributed by atoms with Gasteiger partial charge in [0.05, 0.1) is 5.60 Å². The molecule has 1 aliphatic rings. The van der Waals surface area contributed by atoms with Crippen LogP contribution < -0.4 is 0 Å². The number of rotatable bonds is 2. The highest BCUT2D eigenvalue weighted by atomic mass is 32.2. The largest absolute Gasteiger partial charge is 0.480 e. The molecule has 1 saturated heterocycles. The van der Waals surface area contributed by atoms with E-state index in [0.717, 1.165) is 5.56 Å². The molecule has 0 unspecified atom stereocenters. The van der Waals surface area contributed by atoms with Crippen molar-refractivity contribution < 1.29 is 15.0 Å². The number of aliphatic carboxylic acids is 1. The van der Waals surface area contributed by atoms with E-state index >= 15 is 0 Å². The molecule has 86 valence electrons. The molecule has 0 aliphatic carbocycles. The van der Waals surface area contributed by atoms with E-state index in [2.05, 4.69) is 0 Å². The first-order valence-corrected chi connectivity index (χ1v) is 6.10. The van der Waals surface area contributed by atoms with Crippen LogP contribution in [0, 0.1) is 0 Å². The molecule has 0 radical (unpaired) electrons. The van der Waals surface area contributed by atoms with Crippen molar-refractivity contribution in [3.8, 4) is 0 Å². The Hall–Kier alpha value is -1.00. The molecule has 3 nitrogen and oxygen atoms in total. The van der Waals surface area contributed by atoms with Crippen molar-refractivity contribution in [3.05, 3.63) is 35.9 Å². The van der Waals surface area contributed by atoms with Gasteiger partial charge in [-0.1, -0.05) is 30.3 Å². The lowest BCUT2D eigenvalue weighted by Gasteiger charge is -2.20. The molecule has 1 heterocycles. The van der Waals surface area contributed by atoms with Gasteiger partial charge in [0.1, 0.15) is 5.25 Å². The van der Waals surface area contributed by atoms with Gasteiger partial charge in [-0.25, -0.2) is 0 Å². The van der Waals surface area contributed by atoms with E-state index < -0.39 is 16.8 Å². The Labute approximate surface area is 98.5 Å². The van der Waals surface area contributed by atoms with Crippen molar-refractivity contribution in [3.63, 3.8) is 0 Å². The summed E-state index contributed by atoms with van der Waals surface area (Å²) >= 11 is 1.33. The number of carbonyl (C=O) groups is 1. The molecule has 0 amide bonds. The van der Waals surface area contributed by atoms with E-state index in [-0.39, 0.29) is 5.25 Å². The van der Waals surface area contributed by atoms with Crippen molar-refractivity contribution in [2.45, 2.75) is 29.4 Å². The lowest BCUT2D eigenvalue weighted by molar-refractivity contribution is -0.140. The summed E-state index contributed by atoms with van der Waals surface area (Å²) in [6.45, 7) is 1.60. The Morgan fingerprint density at radius 2 is 2.06 bits per heavy atom. The van der Waals surface area contributed by atoms with Gasteiger partial charge >= 0.3 is 5.97 Å². The molecule has 2 rings (SSSR count). The second-order valence-electron chi connectivity index (χ2n) is 4.31. The van der Waals surface area contributed by atoms with Crippen LogP contribution in [0.1, 0.15) is 24.2 Å². The van der Waals surface area contributed by atoms with Crippen molar-refractivity contribution in [1.29, 1.82) is 0 Å². The highest BCUT2D eigenvalue weighted by Gasteiger charge is 2.47. The van der Waals surface area contributed by atoms with Gasteiger partial charge in [-0.3, -0.25) is 4.79 Å². The molecule has 0 spiro atoms. The van der Waals surface area contributed by atoms with E-state index in [9.17, 15) is 9.90 Å². The number of hydrogen-bond acceptors (Lipinski definition) is 3. The smallest absolute Gasteiger partial charge is 0.319 e. The summed E-state index contributed by atoms with van der Waals surface area (Å²) in [6, 6.07) is 9.73. The first kappa shape index (κ1) is 11.5. The number of carboxylic acid groups (broad SMARTS) is 1. The van der Waals surface area contributed by atoms with Gasteiger partial charge in [0.25, 0.3) is 0 Å². The molecule has 4 heteroatoms. The highest BCUT2D eigenvalue weighted by molar-refractivity contribution is 8.01. The average molecular weight is 238 g/mol. The van der Waals surface area contributed by atoms with Crippen LogP contribution >= 0.6 is 11.8 Å². The van der Waals surface area contributed by atoms with Crippen molar-refractivity contribution in [1.82, 2.24) is 0 Å². The Kier molecular flexibility index (Phi) is 2.95. The van der Waals surface area contributed by atoms with Crippen LogP contribution in [0.2, 0.25) is 0 Å². The Morgan fingerprint density at radius 3 is 2.56 bits per heavy atom. The van der Waals surface area contributed by atoms with Crippen LogP contribution in [0.4, 0.5) is 0 Å². The van der Waals surface area contributed by atoms with Gasteiger partial charge in [-0.05, 0) is 18.9 Å². The van der Waals surface area contributed by atoms with E-state index in [1.165, 1.54) is 11.8 Å². The third-order valence-corrected chi connectivity index (χ3v) is 4.61. The fourth-order valence-corrected chi connectivity index (χ4v) is 3.61. The van der Waals surface area contributed by atoms with Crippen LogP contribution in [-0.4, -0.2) is 27.0 Å². The van der Waals surface area contributed by atoms with Crippen LogP contribution in [-0.2, 0) is 4.79 Å². The van der Waals surface area contributed by atoms with Crippen molar-refractivity contribution >= 4 is 17.7 Å². The zero-order valence-electron chi connectivity index (χ0n) is 8.96. The minimum Gasteiger partial charge on any atom is -0.480 e. The summed E-state index contributed by atoms with van der Waals surface area (Å²) in [5, 5.41) is 18.4. The minimum atomic E-state index is -1.13. The number of benzene rings is 1. The molecule has 0 saturated carbocycles. The van der Waals surface area contributed by atoms with Crippen LogP contribution in [0.25, 0.3) is 0 Å². The predicted molar refractivity (Wildman–Crippen MR) is 63.4 cm³/mol. The minimum absolute atomic E-state index is 0.0669. The van der Waals surface area contributed by atoms with Gasteiger partial charge in [0.2, 0.25) is 0 Å². The molecule has 3 atom stereocenters. The summed E-state index contributed by atoms with van der Waals surface area (Å²) in [7, 11) is 0. The maximum absolute atomic E-state index is 11.0. The van der Waals surface area contributed by atoms with Crippen LogP contribution in [0.5, 0.6) is 0 Å². The van der Waals surface area contributed by atoms with Gasteiger partial charge < -0.3 is 10.2 Å². The van der Waals surface area contributed by atoms with E-state index in [1.54, 1.807) is 6.92 Å². The Morgan fingerprint density at radius 1 is 1.44 bits per heavy atom. The van der Waals surface area contributed by atoms with Gasteiger partial charge in [-0.15, -0.1) is 11.8 Å². The number of thioether (sulfide) groups is 1. The van der Waals surface area contributed by atoms with E-state index in [1.807, 2.05) is 30.3 Å². The maximum Gasteiger partial charge on any atom is 0.319 e. The van der Waals surface area contributed by atoms with Crippen LogP contribution in [0.15, 0.2) is 30.3 Å². The second kappa shape index (κ2) is 4.11. The van der Waals surface area contributed by atoms with Gasteiger partial charge in [0, 0.05) is 5.25 Å². The van der Waals surface area contributed by atoms with E-state index in [0.29, 0.717) is 6.42 Å². The standard InChI is InChI=1S/C12H14O3S/c1-12(15)7-9(16-10(12)11(13)14)8-5-3-2-4-6-8/h2-6,9-10,15H,7H2,1H3,(H,13,14)/t9-,10-,12-/m1/s1. The predicted octanol–water partition coefficient (Wildman–Crippen LogP) is 2.07. The molecule has 1 fully saturated rings. The zero-order chi connectivity index (χ0) is 11.8. The zero-order valence-corrected chi connectivity index (χ0v) is 9.78. The molecule has 16 heavy (non-hydrogen) atoms. The SMILES string of the molecule is C[C@@]1(O)C[C@H](c2ccccc2)S[C@@H]1C(=O)O. The second-order valence-corrected chi connectivity index (χ2v) is 5.63. The first-order chi connectivity index (χ1) is 7.50. The average Bonchev–Trinajstić information content (AvgIpc) is 2.56. The topological polar surface area (TPSA) is 57.5 Å². The molecule has 1 aromatic carbocycles. The molecule has 0 aromatic heterocycles. The Balaban J connectivity index is 2.21. The summed E-state index contributed by atoms with van der Waals surface area (Å²) in [6.07, 6.45) is 0.485. The number of aliphatic hydroxyl groups is 1. The molecular formula is C12H14O3S. The molecule has 0 bridgehead atoms. The van der Waals surface area contributed by atoms with Gasteiger partial charge in [-0.2, -0.15) is 0 Å². The lowest BCUT2D eigenvalue weighted by Crippen LogP contribution is -2.38. The Bertz CT molecular complexity index is 389.